The van der Waals surface area contributed by atoms with Crippen molar-refractivity contribution >= 4 is 11.6 Å². The Balaban J connectivity index is 1.52. The number of amides is 1. The van der Waals surface area contributed by atoms with Gasteiger partial charge in [0, 0.05) is 24.2 Å². The van der Waals surface area contributed by atoms with Crippen LogP contribution in [0.2, 0.25) is 0 Å². The van der Waals surface area contributed by atoms with Gasteiger partial charge < -0.3 is 9.42 Å². The van der Waals surface area contributed by atoms with Crippen molar-refractivity contribution in [2.45, 2.75) is 32.1 Å². The van der Waals surface area contributed by atoms with Crippen molar-refractivity contribution in [1.82, 2.24) is 10.1 Å². The van der Waals surface area contributed by atoms with Crippen LogP contribution in [-0.4, -0.2) is 22.6 Å². The predicted molar refractivity (Wildman–Crippen MR) is 99.9 cm³/mol. The zero-order valence-corrected chi connectivity index (χ0v) is 15.2. The quantitative estimate of drug-likeness (QED) is 0.682. The molecule has 2 heterocycles. The summed E-state index contributed by atoms with van der Waals surface area (Å²) < 4.78 is 18.5. The fourth-order valence-electron chi connectivity index (χ4n) is 3.28. The highest BCUT2D eigenvalue weighted by atomic mass is 19.1. The average molecular weight is 365 g/mol. The molecule has 1 fully saturated rings. The van der Waals surface area contributed by atoms with Crippen LogP contribution >= 0.6 is 0 Å². The van der Waals surface area contributed by atoms with Crippen molar-refractivity contribution in [1.29, 1.82) is 0 Å². The number of carbonyl (C=O) groups is 1. The molecule has 0 saturated carbocycles. The van der Waals surface area contributed by atoms with Gasteiger partial charge in [0.1, 0.15) is 5.82 Å². The lowest BCUT2D eigenvalue weighted by Crippen LogP contribution is -2.24. The molecule has 1 aromatic heterocycles. The van der Waals surface area contributed by atoms with Gasteiger partial charge in [0.15, 0.2) is 0 Å². The van der Waals surface area contributed by atoms with Crippen LogP contribution in [0.3, 0.4) is 0 Å². The first-order valence-electron chi connectivity index (χ1n) is 9.01. The Hall–Kier alpha value is -3.02. The standard InChI is InChI=1S/C21H20FN3O2/c1-13(2)14-3-5-15(6-4-14)20-23-21(27-24-20)16-11-19(26)25(12-16)18-9-7-17(22)8-10-18/h3-10,13,16H,11-12H2,1-2H3. The summed E-state index contributed by atoms with van der Waals surface area (Å²) in [5.74, 6) is 0.907. The second kappa shape index (κ2) is 6.95. The Morgan fingerprint density at radius 3 is 2.48 bits per heavy atom. The SMILES string of the molecule is CC(C)c1ccc(-c2noc(C3CC(=O)N(c4ccc(F)cc4)C3)n2)cc1. The minimum absolute atomic E-state index is 0.0346. The van der Waals surface area contributed by atoms with Gasteiger partial charge in [-0.05, 0) is 35.7 Å². The van der Waals surface area contributed by atoms with E-state index in [0.29, 0.717) is 36.3 Å². The molecule has 27 heavy (non-hydrogen) atoms. The third kappa shape index (κ3) is 3.47. The zero-order chi connectivity index (χ0) is 19.0. The molecular formula is C21H20FN3O2. The molecule has 138 valence electrons. The van der Waals surface area contributed by atoms with E-state index in [1.165, 1.54) is 17.7 Å². The third-order valence-electron chi connectivity index (χ3n) is 4.89. The molecule has 1 aliphatic heterocycles. The minimum Gasteiger partial charge on any atom is -0.339 e. The second-order valence-corrected chi connectivity index (χ2v) is 7.11. The van der Waals surface area contributed by atoms with E-state index in [1.807, 2.05) is 12.1 Å². The van der Waals surface area contributed by atoms with Crippen molar-refractivity contribution in [2.75, 3.05) is 11.4 Å². The summed E-state index contributed by atoms with van der Waals surface area (Å²) >= 11 is 0. The van der Waals surface area contributed by atoms with E-state index >= 15 is 0 Å². The maximum atomic E-state index is 13.1. The van der Waals surface area contributed by atoms with E-state index in [0.717, 1.165) is 5.56 Å². The van der Waals surface area contributed by atoms with Gasteiger partial charge in [-0.25, -0.2) is 4.39 Å². The molecule has 1 saturated heterocycles. The van der Waals surface area contributed by atoms with Gasteiger partial charge in [-0.3, -0.25) is 4.79 Å². The summed E-state index contributed by atoms with van der Waals surface area (Å²) in [5.41, 5.74) is 2.81. The molecule has 0 aliphatic carbocycles. The first-order valence-corrected chi connectivity index (χ1v) is 9.01. The highest BCUT2D eigenvalue weighted by Gasteiger charge is 2.35. The summed E-state index contributed by atoms with van der Waals surface area (Å²) in [6.07, 6.45) is 0.297. The molecule has 4 rings (SSSR count). The van der Waals surface area contributed by atoms with Crippen LogP contribution in [0, 0.1) is 5.82 Å². The van der Waals surface area contributed by atoms with Crippen molar-refractivity contribution in [2.24, 2.45) is 0 Å². The van der Waals surface area contributed by atoms with Crippen molar-refractivity contribution in [3.63, 3.8) is 0 Å². The molecule has 0 N–H and O–H groups in total. The van der Waals surface area contributed by atoms with Crippen molar-refractivity contribution in [3.05, 3.63) is 65.8 Å². The van der Waals surface area contributed by atoms with Crippen LogP contribution in [0.5, 0.6) is 0 Å². The first kappa shape index (κ1) is 17.4. The second-order valence-electron chi connectivity index (χ2n) is 7.11. The average Bonchev–Trinajstić information content (AvgIpc) is 3.29. The molecule has 1 aliphatic rings. The topological polar surface area (TPSA) is 59.2 Å². The molecular weight excluding hydrogens is 345 g/mol. The third-order valence-corrected chi connectivity index (χ3v) is 4.89. The number of nitrogens with zero attached hydrogens (tertiary/aromatic N) is 3. The molecule has 1 atom stereocenters. The summed E-state index contributed by atoms with van der Waals surface area (Å²) in [4.78, 5) is 18.5. The van der Waals surface area contributed by atoms with Gasteiger partial charge in [-0.1, -0.05) is 43.3 Å². The van der Waals surface area contributed by atoms with Crippen molar-refractivity contribution < 1.29 is 13.7 Å². The largest absolute Gasteiger partial charge is 0.339 e. The molecule has 0 bridgehead atoms. The Morgan fingerprint density at radius 2 is 1.81 bits per heavy atom. The van der Waals surface area contributed by atoms with Gasteiger partial charge in [0.2, 0.25) is 17.6 Å². The number of hydrogen-bond acceptors (Lipinski definition) is 4. The van der Waals surface area contributed by atoms with E-state index in [-0.39, 0.29) is 17.6 Å². The Morgan fingerprint density at radius 1 is 1.11 bits per heavy atom. The van der Waals surface area contributed by atoms with Gasteiger partial charge in [0.05, 0.1) is 5.92 Å². The molecule has 0 radical (unpaired) electrons. The maximum Gasteiger partial charge on any atom is 0.232 e. The molecule has 1 amide bonds. The van der Waals surface area contributed by atoms with Crippen LogP contribution in [-0.2, 0) is 4.79 Å². The van der Waals surface area contributed by atoms with Crippen LogP contribution in [0.15, 0.2) is 53.1 Å². The fourth-order valence-corrected chi connectivity index (χ4v) is 3.28. The van der Waals surface area contributed by atoms with E-state index in [1.54, 1.807) is 17.0 Å². The normalized spacial score (nSPS) is 17.1. The van der Waals surface area contributed by atoms with Gasteiger partial charge in [-0.15, -0.1) is 0 Å². The molecule has 2 aromatic carbocycles. The first-order chi connectivity index (χ1) is 13.0. The fraction of sp³-hybridized carbons (Fsp3) is 0.286. The van der Waals surface area contributed by atoms with Gasteiger partial charge in [0.25, 0.3) is 0 Å². The highest BCUT2D eigenvalue weighted by Crippen LogP contribution is 2.32. The van der Waals surface area contributed by atoms with E-state index < -0.39 is 0 Å². The lowest BCUT2D eigenvalue weighted by Gasteiger charge is -2.15. The minimum atomic E-state index is -0.327. The number of aromatic nitrogens is 2. The number of carbonyl (C=O) groups excluding carboxylic acids is 1. The lowest BCUT2D eigenvalue weighted by atomic mass is 10.0. The number of halogens is 1. The maximum absolute atomic E-state index is 13.1. The van der Waals surface area contributed by atoms with Gasteiger partial charge in [-0.2, -0.15) is 4.98 Å². The summed E-state index contributed by atoms with van der Waals surface area (Å²) in [5, 5.41) is 4.07. The number of anilines is 1. The lowest BCUT2D eigenvalue weighted by molar-refractivity contribution is -0.117. The van der Waals surface area contributed by atoms with Crippen LogP contribution in [0.25, 0.3) is 11.4 Å². The Kier molecular flexibility index (Phi) is 4.48. The zero-order valence-electron chi connectivity index (χ0n) is 15.2. The smallest absolute Gasteiger partial charge is 0.232 e. The molecule has 3 aromatic rings. The summed E-state index contributed by atoms with van der Waals surface area (Å²) in [6.45, 7) is 4.73. The highest BCUT2D eigenvalue weighted by molar-refractivity contribution is 5.96. The van der Waals surface area contributed by atoms with Crippen LogP contribution < -0.4 is 4.90 Å². The van der Waals surface area contributed by atoms with Crippen LogP contribution in [0.1, 0.15) is 43.6 Å². The Labute approximate surface area is 156 Å². The molecule has 6 heteroatoms. The van der Waals surface area contributed by atoms with E-state index in [4.69, 9.17) is 4.52 Å². The van der Waals surface area contributed by atoms with Gasteiger partial charge >= 0.3 is 0 Å². The molecule has 0 spiro atoms. The monoisotopic (exact) mass is 365 g/mol. The molecule has 5 nitrogen and oxygen atoms in total. The van der Waals surface area contributed by atoms with E-state index in [9.17, 15) is 9.18 Å². The number of rotatable bonds is 4. The summed E-state index contributed by atoms with van der Waals surface area (Å²) in [7, 11) is 0. The van der Waals surface area contributed by atoms with E-state index in [2.05, 4.69) is 36.1 Å². The van der Waals surface area contributed by atoms with Crippen molar-refractivity contribution in [3.8, 4) is 11.4 Å². The Bertz CT molecular complexity index is 948. The molecule has 1 unspecified atom stereocenters. The summed E-state index contributed by atoms with van der Waals surface area (Å²) in [6, 6.07) is 14.0. The predicted octanol–water partition coefficient (Wildman–Crippen LogP) is 4.52. The number of benzene rings is 2. The van der Waals surface area contributed by atoms with Crippen LogP contribution in [0.4, 0.5) is 10.1 Å². The number of hydrogen-bond donors (Lipinski definition) is 0.